The fourth-order valence-electron chi connectivity index (χ4n) is 3.64. The molecule has 5 heteroatoms. The number of rotatable bonds is 4. The molecule has 2 aromatic heterocycles. The first kappa shape index (κ1) is 18.5. The Bertz CT molecular complexity index is 1350. The first-order valence-electron chi connectivity index (χ1n) is 9.76. The molecule has 0 bridgehead atoms. The minimum atomic E-state index is -0.0219. The molecule has 0 radical (unpaired) electrons. The van der Waals surface area contributed by atoms with Crippen LogP contribution in [0.25, 0.3) is 31.7 Å². The molecule has 0 saturated carbocycles. The highest BCUT2D eigenvalue weighted by Crippen LogP contribution is 2.31. The van der Waals surface area contributed by atoms with Crippen LogP contribution < -0.4 is 5.32 Å². The van der Waals surface area contributed by atoms with Crippen LogP contribution in [0.4, 0.5) is 5.69 Å². The fraction of sp³-hybridized carbons (Fsp3) is 0.0800. The van der Waals surface area contributed by atoms with Gasteiger partial charge in [-0.15, -0.1) is 0 Å². The molecular formula is C25H19N3OS. The highest BCUT2D eigenvalue weighted by molar-refractivity contribution is 7.21. The summed E-state index contributed by atoms with van der Waals surface area (Å²) in [6, 6.07) is 24.1. The van der Waals surface area contributed by atoms with E-state index in [9.17, 15) is 4.79 Å². The highest BCUT2D eigenvalue weighted by Gasteiger charge is 2.11. The van der Waals surface area contributed by atoms with E-state index in [4.69, 9.17) is 0 Å². The summed E-state index contributed by atoms with van der Waals surface area (Å²) in [5, 5.41) is 6.26. The molecule has 1 N–H and O–H groups in total. The number of carbonyl (C=O) groups is 1. The lowest BCUT2D eigenvalue weighted by Gasteiger charge is -2.11. The zero-order chi connectivity index (χ0) is 20.5. The molecule has 0 spiro atoms. The third kappa shape index (κ3) is 3.55. The summed E-state index contributed by atoms with van der Waals surface area (Å²) in [5.74, 6) is -0.0219. The van der Waals surface area contributed by atoms with Crippen molar-refractivity contribution >= 4 is 44.1 Å². The minimum absolute atomic E-state index is 0.0219. The van der Waals surface area contributed by atoms with Crippen molar-refractivity contribution in [2.75, 3.05) is 5.32 Å². The van der Waals surface area contributed by atoms with Crippen molar-refractivity contribution in [3.63, 3.8) is 0 Å². The van der Waals surface area contributed by atoms with Crippen molar-refractivity contribution in [3.8, 4) is 10.6 Å². The fourth-order valence-corrected chi connectivity index (χ4v) is 4.55. The maximum atomic E-state index is 12.7. The largest absolute Gasteiger partial charge is 0.326 e. The zero-order valence-corrected chi connectivity index (χ0v) is 17.2. The summed E-state index contributed by atoms with van der Waals surface area (Å²) in [6.45, 7) is 2.00. The standard InChI is InChI=1S/C25H19N3OS/c1-16-14-19(24-28-22-10-5-13-26-25(22)30-24)11-12-21(16)27-23(29)15-18-8-4-7-17-6-2-3-9-20(17)18/h2-14H,15H2,1H3,(H,27,29). The lowest BCUT2D eigenvalue weighted by molar-refractivity contribution is -0.115. The molecule has 0 fully saturated rings. The van der Waals surface area contributed by atoms with Crippen molar-refractivity contribution in [1.29, 1.82) is 0 Å². The molecule has 0 unspecified atom stereocenters. The SMILES string of the molecule is Cc1cc(-c2nc3cccnc3s2)ccc1NC(=O)Cc1cccc2ccccc12. The Kier molecular flexibility index (Phi) is 4.73. The van der Waals surface area contributed by atoms with Crippen LogP contribution in [-0.2, 0) is 11.2 Å². The molecule has 4 nitrogen and oxygen atoms in total. The number of aryl methyl sites for hydroxylation is 1. The van der Waals surface area contributed by atoms with Gasteiger partial charge in [-0.3, -0.25) is 4.79 Å². The maximum Gasteiger partial charge on any atom is 0.228 e. The molecular weight excluding hydrogens is 390 g/mol. The molecule has 1 amide bonds. The quantitative estimate of drug-likeness (QED) is 0.396. The third-order valence-electron chi connectivity index (χ3n) is 5.14. The molecule has 3 aromatic carbocycles. The summed E-state index contributed by atoms with van der Waals surface area (Å²) in [7, 11) is 0. The van der Waals surface area contributed by atoms with E-state index in [0.29, 0.717) is 6.42 Å². The summed E-state index contributed by atoms with van der Waals surface area (Å²) in [5.41, 5.74) is 4.79. The molecule has 0 aliphatic carbocycles. The molecule has 30 heavy (non-hydrogen) atoms. The number of aromatic nitrogens is 2. The molecule has 146 valence electrons. The van der Waals surface area contributed by atoms with Gasteiger partial charge in [0.15, 0.2) is 0 Å². The van der Waals surface area contributed by atoms with Crippen LogP contribution in [0.15, 0.2) is 79.0 Å². The number of amides is 1. The van der Waals surface area contributed by atoms with Crippen molar-refractivity contribution in [1.82, 2.24) is 9.97 Å². The topological polar surface area (TPSA) is 54.9 Å². The van der Waals surface area contributed by atoms with Gasteiger partial charge < -0.3 is 5.32 Å². The molecule has 5 aromatic rings. The molecule has 0 aliphatic heterocycles. The van der Waals surface area contributed by atoms with E-state index in [2.05, 4.69) is 39.6 Å². The van der Waals surface area contributed by atoms with Crippen molar-refractivity contribution in [3.05, 3.63) is 90.1 Å². The zero-order valence-electron chi connectivity index (χ0n) is 16.4. The Labute approximate surface area is 178 Å². The van der Waals surface area contributed by atoms with E-state index >= 15 is 0 Å². The van der Waals surface area contributed by atoms with Gasteiger partial charge in [-0.25, -0.2) is 9.97 Å². The molecule has 0 saturated heterocycles. The number of thiazole rings is 1. The summed E-state index contributed by atoms with van der Waals surface area (Å²) >= 11 is 1.57. The first-order valence-corrected chi connectivity index (χ1v) is 10.6. The summed E-state index contributed by atoms with van der Waals surface area (Å²) < 4.78 is 0. The average molecular weight is 410 g/mol. The number of nitrogens with one attached hydrogen (secondary N) is 1. The van der Waals surface area contributed by atoms with Gasteiger partial charge in [-0.1, -0.05) is 53.8 Å². The lowest BCUT2D eigenvalue weighted by atomic mass is 10.0. The van der Waals surface area contributed by atoms with Crippen LogP contribution in [0.3, 0.4) is 0 Å². The predicted octanol–water partition coefficient (Wildman–Crippen LogP) is 6.00. The van der Waals surface area contributed by atoms with Gasteiger partial charge in [0.05, 0.1) is 6.42 Å². The van der Waals surface area contributed by atoms with Gasteiger partial charge in [0.2, 0.25) is 5.91 Å². The molecule has 0 atom stereocenters. The van der Waals surface area contributed by atoms with Gasteiger partial charge in [0, 0.05) is 17.4 Å². The third-order valence-corrected chi connectivity index (χ3v) is 6.17. The van der Waals surface area contributed by atoms with Crippen molar-refractivity contribution in [2.45, 2.75) is 13.3 Å². The van der Waals surface area contributed by atoms with Crippen LogP contribution >= 0.6 is 11.3 Å². The number of benzene rings is 3. The number of hydrogen-bond donors (Lipinski definition) is 1. The van der Waals surface area contributed by atoms with Crippen molar-refractivity contribution in [2.24, 2.45) is 0 Å². The Hall–Kier alpha value is -3.57. The number of fused-ring (bicyclic) bond motifs is 2. The summed E-state index contributed by atoms with van der Waals surface area (Å²) in [6.07, 6.45) is 2.12. The van der Waals surface area contributed by atoms with E-state index in [1.165, 1.54) is 0 Å². The van der Waals surface area contributed by atoms with Gasteiger partial charge in [-0.05, 0) is 59.2 Å². The summed E-state index contributed by atoms with van der Waals surface area (Å²) in [4.78, 5) is 22.7. The average Bonchev–Trinajstić information content (AvgIpc) is 3.20. The van der Waals surface area contributed by atoms with Gasteiger partial charge in [0.1, 0.15) is 15.4 Å². The smallest absolute Gasteiger partial charge is 0.228 e. The number of hydrogen-bond acceptors (Lipinski definition) is 4. The van der Waals surface area contributed by atoms with E-state index < -0.39 is 0 Å². The second kappa shape index (κ2) is 7.69. The Morgan fingerprint density at radius 3 is 2.73 bits per heavy atom. The monoisotopic (exact) mass is 409 g/mol. The maximum absolute atomic E-state index is 12.7. The Balaban J connectivity index is 1.36. The van der Waals surface area contributed by atoms with Crippen LogP contribution in [0, 0.1) is 6.92 Å². The molecule has 2 heterocycles. The second-order valence-corrected chi connectivity index (χ2v) is 8.22. The van der Waals surface area contributed by atoms with Gasteiger partial charge in [0.25, 0.3) is 0 Å². The van der Waals surface area contributed by atoms with Crippen LogP contribution in [0.1, 0.15) is 11.1 Å². The first-order chi connectivity index (χ1) is 14.7. The Morgan fingerprint density at radius 1 is 1.00 bits per heavy atom. The Morgan fingerprint density at radius 2 is 1.87 bits per heavy atom. The highest BCUT2D eigenvalue weighted by atomic mass is 32.1. The molecule has 0 aliphatic rings. The van der Waals surface area contributed by atoms with Crippen LogP contribution in [-0.4, -0.2) is 15.9 Å². The normalized spacial score (nSPS) is 11.1. The number of pyridine rings is 1. The van der Waals surface area contributed by atoms with Gasteiger partial charge in [-0.2, -0.15) is 0 Å². The lowest BCUT2D eigenvalue weighted by Crippen LogP contribution is -2.15. The number of carbonyl (C=O) groups excluding carboxylic acids is 1. The number of nitrogens with zero attached hydrogens (tertiary/aromatic N) is 2. The van der Waals surface area contributed by atoms with Crippen LogP contribution in [0.5, 0.6) is 0 Å². The van der Waals surface area contributed by atoms with Crippen LogP contribution in [0.2, 0.25) is 0 Å². The van der Waals surface area contributed by atoms with E-state index in [0.717, 1.165) is 48.5 Å². The predicted molar refractivity (Wildman–Crippen MR) is 124 cm³/mol. The van der Waals surface area contributed by atoms with E-state index in [-0.39, 0.29) is 5.91 Å². The second-order valence-electron chi connectivity index (χ2n) is 7.24. The minimum Gasteiger partial charge on any atom is -0.326 e. The van der Waals surface area contributed by atoms with Gasteiger partial charge >= 0.3 is 0 Å². The van der Waals surface area contributed by atoms with Crippen molar-refractivity contribution < 1.29 is 4.79 Å². The van der Waals surface area contributed by atoms with E-state index in [1.54, 1.807) is 17.5 Å². The van der Waals surface area contributed by atoms with E-state index in [1.807, 2.05) is 55.5 Å². The molecule has 5 rings (SSSR count). The number of anilines is 1.